The fourth-order valence-corrected chi connectivity index (χ4v) is 3.66. The zero-order chi connectivity index (χ0) is 26.1. The van der Waals surface area contributed by atoms with E-state index in [1.54, 1.807) is 61.6 Å². The number of carbonyl (C=O) groups is 1. The zero-order valence-electron chi connectivity index (χ0n) is 20.6. The third kappa shape index (κ3) is 7.24. The van der Waals surface area contributed by atoms with E-state index in [1.807, 2.05) is 36.4 Å². The summed E-state index contributed by atoms with van der Waals surface area (Å²) in [6.07, 6.45) is 11.1. The number of amides is 1. The Kier molecular flexibility index (Phi) is 8.89. The maximum absolute atomic E-state index is 12.8. The summed E-state index contributed by atoms with van der Waals surface area (Å²) in [5.41, 5.74) is 5.25. The van der Waals surface area contributed by atoms with Crippen LogP contribution < -0.4 is 5.32 Å². The van der Waals surface area contributed by atoms with Gasteiger partial charge in [0.1, 0.15) is 5.75 Å². The average Bonchev–Trinajstić information content (AvgIpc) is 2.86. The molecule has 0 radical (unpaired) electrons. The molecule has 7 nitrogen and oxygen atoms in total. The largest absolute Gasteiger partial charge is 0.508 e. The fraction of sp³-hybridized carbons (Fsp3) is 0.172. The Morgan fingerprint density at radius 2 is 1.89 bits per heavy atom. The van der Waals surface area contributed by atoms with Gasteiger partial charge < -0.3 is 15.3 Å². The number of phenolic OH excluding ortho intramolecular Hbond substituents is 1. The van der Waals surface area contributed by atoms with Gasteiger partial charge in [-0.2, -0.15) is 0 Å². The number of nitrogens with zero attached hydrogens (tertiary/aromatic N) is 2. The Morgan fingerprint density at radius 3 is 2.58 bits per heavy atom. The van der Waals surface area contributed by atoms with Crippen LogP contribution in [0, 0.1) is 10.8 Å². The van der Waals surface area contributed by atoms with Crippen LogP contribution in [0.5, 0.6) is 5.75 Å². The molecule has 0 heterocycles. The van der Waals surface area contributed by atoms with Crippen LogP contribution in [-0.2, 0) is 13.0 Å². The first-order chi connectivity index (χ1) is 17.3. The van der Waals surface area contributed by atoms with Crippen molar-refractivity contribution in [2.24, 2.45) is 4.99 Å². The van der Waals surface area contributed by atoms with E-state index in [1.165, 1.54) is 0 Å². The maximum atomic E-state index is 12.8. The molecule has 0 bridgehead atoms. The van der Waals surface area contributed by atoms with Gasteiger partial charge in [0.05, 0.1) is 11.4 Å². The first-order valence-electron chi connectivity index (χ1n) is 11.5. The number of rotatable bonds is 10. The van der Waals surface area contributed by atoms with Crippen LogP contribution in [0.15, 0.2) is 95.6 Å². The molecule has 0 spiro atoms. The highest BCUT2D eigenvalue weighted by Gasteiger charge is 2.15. The van der Waals surface area contributed by atoms with Gasteiger partial charge in [-0.15, -0.1) is 0 Å². The van der Waals surface area contributed by atoms with Gasteiger partial charge in [-0.1, -0.05) is 30.4 Å². The number of nitrogens with one attached hydrogen (secondary N) is 3. The Labute approximate surface area is 211 Å². The number of aromatic hydroxyl groups is 1. The summed E-state index contributed by atoms with van der Waals surface area (Å²) < 4.78 is 0. The van der Waals surface area contributed by atoms with Crippen LogP contribution in [0.25, 0.3) is 0 Å². The molecule has 0 saturated carbocycles. The summed E-state index contributed by atoms with van der Waals surface area (Å²) in [6, 6.07) is 12.7. The van der Waals surface area contributed by atoms with Crippen molar-refractivity contribution in [3.63, 3.8) is 0 Å². The molecular weight excluding hydrogens is 450 g/mol. The van der Waals surface area contributed by atoms with E-state index in [0.29, 0.717) is 25.1 Å². The topological polar surface area (TPSA) is 113 Å². The lowest BCUT2D eigenvalue weighted by Crippen LogP contribution is -2.29. The van der Waals surface area contributed by atoms with Gasteiger partial charge in [-0.25, -0.2) is 0 Å². The number of hydrogen-bond acceptors (Lipinski definition) is 6. The number of carbonyl (C=O) groups excluding carboxylic acids is 1. The molecule has 0 fully saturated rings. The molecule has 184 valence electrons. The monoisotopic (exact) mass is 481 g/mol. The van der Waals surface area contributed by atoms with Gasteiger partial charge in [-0.05, 0) is 72.2 Å². The van der Waals surface area contributed by atoms with Gasteiger partial charge >= 0.3 is 0 Å². The van der Waals surface area contributed by atoms with Gasteiger partial charge in [0.25, 0.3) is 5.91 Å². The molecule has 1 aliphatic rings. The van der Waals surface area contributed by atoms with Crippen LogP contribution in [0.3, 0.4) is 0 Å². The summed E-state index contributed by atoms with van der Waals surface area (Å²) >= 11 is 0. The average molecular weight is 482 g/mol. The van der Waals surface area contributed by atoms with Crippen molar-refractivity contribution < 1.29 is 9.90 Å². The lowest BCUT2D eigenvalue weighted by Gasteiger charge is -2.19. The van der Waals surface area contributed by atoms with Crippen molar-refractivity contribution in [1.29, 1.82) is 10.8 Å². The second kappa shape index (κ2) is 12.3. The molecule has 36 heavy (non-hydrogen) atoms. The van der Waals surface area contributed by atoms with Crippen LogP contribution in [0.4, 0.5) is 5.69 Å². The Bertz CT molecular complexity index is 1280. The van der Waals surface area contributed by atoms with Gasteiger partial charge in [0.2, 0.25) is 0 Å². The number of likely N-dealkylation sites (N-methyl/N-ethyl adjacent to an activating group) is 1. The third-order valence-electron chi connectivity index (χ3n) is 5.61. The Hall–Kier alpha value is -4.52. The Balaban J connectivity index is 1.58. The highest BCUT2D eigenvalue weighted by molar-refractivity contribution is 6.49. The molecule has 2 aromatic carbocycles. The van der Waals surface area contributed by atoms with Gasteiger partial charge in [0, 0.05) is 50.2 Å². The van der Waals surface area contributed by atoms with E-state index < -0.39 is 0 Å². The molecule has 7 heteroatoms. The van der Waals surface area contributed by atoms with Crippen molar-refractivity contribution in [2.75, 3.05) is 26.0 Å². The van der Waals surface area contributed by atoms with Crippen molar-refractivity contribution in [3.05, 3.63) is 107 Å². The molecular formula is C29H31N5O2. The predicted octanol–water partition coefficient (Wildman–Crippen LogP) is 4.97. The van der Waals surface area contributed by atoms with E-state index in [2.05, 4.69) is 16.9 Å². The highest BCUT2D eigenvalue weighted by atomic mass is 16.3. The van der Waals surface area contributed by atoms with Crippen molar-refractivity contribution >= 4 is 29.2 Å². The van der Waals surface area contributed by atoms with Crippen molar-refractivity contribution in [2.45, 2.75) is 13.0 Å². The predicted molar refractivity (Wildman–Crippen MR) is 148 cm³/mol. The number of phenols is 1. The minimum absolute atomic E-state index is 0.132. The molecule has 2 aromatic rings. The van der Waals surface area contributed by atoms with Crippen LogP contribution >= 0.6 is 0 Å². The number of allylic oxidation sites excluding steroid dienone is 5. The molecule has 0 aromatic heterocycles. The first-order valence-corrected chi connectivity index (χ1v) is 11.5. The second-order valence-electron chi connectivity index (χ2n) is 8.54. The molecule has 3 rings (SSSR count). The van der Waals surface area contributed by atoms with E-state index in [-0.39, 0.29) is 23.1 Å². The normalized spacial score (nSPS) is 13.3. The number of aliphatic imine (C=N–C) groups is 1. The smallest absolute Gasteiger partial charge is 0.253 e. The van der Waals surface area contributed by atoms with Crippen LogP contribution in [0.1, 0.15) is 21.5 Å². The molecule has 1 amide bonds. The molecule has 1 aliphatic carbocycles. The molecule has 4 N–H and O–H groups in total. The number of hydrogen-bond donors (Lipinski definition) is 4. The fourth-order valence-electron chi connectivity index (χ4n) is 3.66. The maximum Gasteiger partial charge on any atom is 0.253 e. The summed E-state index contributed by atoms with van der Waals surface area (Å²) in [6.45, 7) is 4.85. The highest BCUT2D eigenvalue weighted by Crippen LogP contribution is 2.22. The lowest BCUT2D eigenvalue weighted by molar-refractivity contribution is 0.0808. The third-order valence-corrected chi connectivity index (χ3v) is 5.61. The van der Waals surface area contributed by atoms with Crippen molar-refractivity contribution in [1.82, 2.24) is 4.90 Å². The molecule has 0 aliphatic heterocycles. The number of anilines is 1. The van der Waals surface area contributed by atoms with E-state index in [0.717, 1.165) is 28.0 Å². The van der Waals surface area contributed by atoms with Gasteiger partial charge in [-0.3, -0.25) is 20.6 Å². The van der Waals surface area contributed by atoms with Gasteiger partial charge in [0.15, 0.2) is 0 Å². The quantitative estimate of drug-likeness (QED) is 0.218. The molecule has 0 atom stereocenters. The number of benzene rings is 2. The second-order valence-corrected chi connectivity index (χ2v) is 8.54. The standard InChI is InChI=1S/C29H31N5O2/c1-20(5-4-14-32-2)15-21-7-13-28(35)24(16-21)18-33-25-10-8-23(9-11-25)29(36)34(3)19-22-6-12-26(30)27(31)17-22/h4-14,16-17,30-31,33,35H,1,15,18-19H2,2-3H3/b5-4-,30-26?,31-27?,32-14?. The molecule has 0 saturated heterocycles. The van der Waals surface area contributed by atoms with Crippen molar-refractivity contribution in [3.8, 4) is 5.75 Å². The SMILES string of the molecule is C=C(/C=C\C=NC)Cc1ccc(O)c(CNc2ccc(C(=O)N(C)CC3=CC(=N)C(=N)C=C3)cc2)c1. The zero-order valence-corrected chi connectivity index (χ0v) is 20.6. The summed E-state index contributed by atoms with van der Waals surface area (Å²) in [7, 11) is 3.43. The first kappa shape index (κ1) is 26.1. The van der Waals surface area contributed by atoms with Crippen LogP contribution in [-0.4, -0.2) is 54.2 Å². The summed E-state index contributed by atoms with van der Waals surface area (Å²) in [5, 5.41) is 28.9. The van der Waals surface area contributed by atoms with E-state index >= 15 is 0 Å². The van der Waals surface area contributed by atoms with Crippen LogP contribution in [0.2, 0.25) is 0 Å². The summed E-state index contributed by atoms with van der Waals surface area (Å²) in [4.78, 5) is 18.3. The van der Waals surface area contributed by atoms with E-state index in [9.17, 15) is 9.90 Å². The Morgan fingerprint density at radius 1 is 1.14 bits per heavy atom. The summed E-state index contributed by atoms with van der Waals surface area (Å²) in [5.74, 6) is 0.0843. The lowest BCUT2D eigenvalue weighted by atomic mass is 10.0. The molecule has 0 unspecified atom stereocenters. The minimum atomic E-state index is -0.132. The minimum Gasteiger partial charge on any atom is -0.508 e. The van der Waals surface area contributed by atoms with E-state index in [4.69, 9.17) is 10.8 Å².